The zero-order chi connectivity index (χ0) is 42.5. The second-order valence-corrected chi connectivity index (χ2v) is 17.2. The molecule has 1 saturated heterocycles. The molecule has 3 heterocycles. The first-order valence-electron chi connectivity index (χ1n) is 21.5. The molecule has 0 saturated carbocycles. The van der Waals surface area contributed by atoms with Crippen molar-refractivity contribution in [1.82, 2.24) is 14.6 Å². The Labute approximate surface area is 349 Å². The van der Waals surface area contributed by atoms with Crippen LogP contribution >= 0.6 is 7.82 Å². The van der Waals surface area contributed by atoms with Gasteiger partial charge in [-0.05, 0) is 42.3 Å². The summed E-state index contributed by atoms with van der Waals surface area (Å²) in [6.07, 6.45) is 20.5. The lowest BCUT2D eigenvalue weighted by molar-refractivity contribution is -0.0655. The summed E-state index contributed by atoms with van der Waals surface area (Å²) in [6, 6.07) is 9.13. The van der Waals surface area contributed by atoms with Crippen LogP contribution in [0.1, 0.15) is 152 Å². The van der Waals surface area contributed by atoms with Crippen molar-refractivity contribution < 1.29 is 42.6 Å². The number of phosphoric ester groups is 1. The molecule has 1 unspecified atom stereocenters. The van der Waals surface area contributed by atoms with Crippen LogP contribution in [-0.2, 0) is 29.7 Å². The summed E-state index contributed by atoms with van der Waals surface area (Å²) < 4.78 is 51.8. The predicted molar refractivity (Wildman–Crippen MR) is 225 cm³/mol. The average molecular weight is 845 g/mol. The molecule has 0 aliphatic carbocycles. The molecule has 3 aromatic rings. The van der Waals surface area contributed by atoms with E-state index in [2.05, 4.69) is 22.0 Å². The molecule has 4 rings (SSSR count). The number of phosphoric acid groups is 1. The number of nitrogens with two attached hydrogens (primary N) is 1. The van der Waals surface area contributed by atoms with Crippen molar-refractivity contribution in [2.45, 2.75) is 166 Å². The first-order valence-corrected chi connectivity index (χ1v) is 23.0. The minimum absolute atomic E-state index is 0.0452. The van der Waals surface area contributed by atoms with Gasteiger partial charge in [0.25, 0.3) is 0 Å². The first kappa shape index (κ1) is 48.3. The quantitative estimate of drug-likeness (QED) is 0.0282. The topological polar surface area (TPSA) is 207 Å². The predicted octanol–water partition coefficient (Wildman–Crippen LogP) is 8.71. The van der Waals surface area contributed by atoms with E-state index < -0.39 is 50.3 Å². The van der Waals surface area contributed by atoms with Crippen LogP contribution in [0.2, 0.25) is 0 Å². The van der Waals surface area contributed by atoms with Crippen LogP contribution in [0.3, 0.4) is 0 Å². The van der Waals surface area contributed by atoms with Crippen molar-refractivity contribution in [2.24, 2.45) is 4.99 Å². The Morgan fingerprint density at radius 2 is 1.59 bits per heavy atom. The maximum atomic E-state index is 14.1. The number of hydrogen-bond acceptors (Lipinski definition) is 12. The molecule has 2 aromatic heterocycles. The Balaban J connectivity index is 1.23. The lowest BCUT2D eigenvalue weighted by Gasteiger charge is -2.28. The Morgan fingerprint density at radius 1 is 0.983 bits per heavy atom. The van der Waals surface area contributed by atoms with E-state index in [0.717, 1.165) is 31.7 Å². The highest BCUT2D eigenvalue weighted by Crippen LogP contribution is 2.47. The second-order valence-electron chi connectivity index (χ2n) is 15.7. The number of nitrogen functional groups attached to an aromatic ring is 1. The van der Waals surface area contributed by atoms with Crippen molar-refractivity contribution in [1.29, 1.82) is 5.26 Å². The van der Waals surface area contributed by atoms with Crippen LogP contribution in [0.25, 0.3) is 5.52 Å². The van der Waals surface area contributed by atoms with E-state index in [9.17, 15) is 29.3 Å². The van der Waals surface area contributed by atoms with Gasteiger partial charge in [-0.15, -0.1) is 0 Å². The van der Waals surface area contributed by atoms with E-state index in [1.807, 2.05) is 6.07 Å². The summed E-state index contributed by atoms with van der Waals surface area (Å²) in [5.74, 6) is -0.365. The number of nitriles is 1. The SMILES string of the molecule is CCCCCCCCCCCCCCCCCCCC[C@H](COP(=O)(O)OC[C@@]1(C=NC)O[C@@H](c2ccc3c(N)ncnn23)[C@H](O)[C@@H]1O)OCc1cc(F)cc(C#N)c1. The molecule has 0 spiro atoms. The van der Waals surface area contributed by atoms with Crippen molar-refractivity contribution in [3.63, 3.8) is 0 Å². The molecule has 1 aromatic carbocycles. The number of fused-ring (bicyclic) bond motifs is 1. The van der Waals surface area contributed by atoms with Gasteiger partial charge in [-0.3, -0.25) is 14.0 Å². The van der Waals surface area contributed by atoms with Gasteiger partial charge in [0.2, 0.25) is 0 Å². The molecular formula is C43H66FN6O8P. The number of unbranched alkanes of at least 4 members (excludes halogenated alkanes) is 17. The van der Waals surface area contributed by atoms with Crippen LogP contribution in [0, 0.1) is 17.1 Å². The number of halogens is 1. The first-order chi connectivity index (χ1) is 28.5. The third-order valence-electron chi connectivity index (χ3n) is 11.0. The number of aliphatic hydroxyl groups is 2. The number of ether oxygens (including phenoxy) is 2. The third-order valence-corrected chi connectivity index (χ3v) is 11.9. The molecule has 1 aliphatic heterocycles. The third kappa shape index (κ3) is 15.6. The molecule has 1 aliphatic rings. The lowest BCUT2D eigenvalue weighted by Crippen LogP contribution is -2.48. The number of aliphatic hydroxyl groups excluding tert-OH is 2. The van der Waals surface area contributed by atoms with E-state index in [1.165, 1.54) is 126 Å². The van der Waals surface area contributed by atoms with Crippen LogP contribution in [-0.4, -0.2) is 80.1 Å². The van der Waals surface area contributed by atoms with Gasteiger partial charge in [-0.25, -0.2) is 18.5 Å². The van der Waals surface area contributed by atoms with Crippen molar-refractivity contribution >= 4 is 25.4 Å². The number of hydrogen-bond donors (Lipinski definition) is 4. The molecule has 1 fully saturated rings. The average Bonchev–Trinajstić information content (AvgIpc) is 3.76. The molecule has 6 atom stereocenters. The maximum absolute atomic E-state index is 14.1. The van der Waals surface area contributed by atoms with Crippen molar-refractivity contribution in [2.75, 3.05) is 26.0 Å². The molecule has 59 heavy (non-hydrogen) atoms. The fraction of sp³-hybridized carbons (Fsp3) is 0.674. The Bertz CT molecular complexity index is 1810. The van der Waals surface area contributed by atoms with Crippen LogP contribution in [0.4, 0.5) is 10.2 Å². The zero-order valence-corrected chi connectivity index (χ0v) is 35.8. The molecule has 0 bridgehead atoms. The minimum atomic E-state index is -4.79. The van der Waals surface area contributed by atoms with E-state index in [1.54, 1.807) is 12.1 Å². The minimum Gasteiger partial charge on any atom is -0.387 e. The number of aliphatic imine (C=N–C) groups is 1. The molecule has 16 heteroatoms. The number of rotatable bonds is 30. The number of nitrogens with zero attached hydrogens (tertiary/aromatic N) is 5. The van der Waals surface area contributed by atoms with Gasteiger partial charge < -0.3 is 30.3 Å². The van der Waals surface area contributed by atoms with Gasteiger partial charge in [0.05, 0.1) is 43.3 Å². The fourth-order valence-corrected chi connectivity index (χ4v) is 8.43. The summed E-state index contributed by atoms with van der Waals surface area (Å²) in [7, 11) is -3.37. The van der Waals surface area contributed by atoms with E-state index >= 15 is 0 Å². The summed E-state index contributed by atoms with van der Waals surface area (Å²) in [5.41, 5.74) is 5.55. The fourth-order valence-electron chi connectivity index (χ4n) is 7.63. The number of anilines is 1. The van der Waals surface area contributed by atoms with Crippen molar-refractivity contribution in [3.05, 3.63) is 59.3 Å². The van der Waals surface area contributed by atoms with Gasteiger partial charge >= 0.3 is 7.82 Å². The van der Waals surface area contributed by atoms with Gasteiger partial charge in [-0.1, -0.05) is 122 Å². The zero-order valence-electron chi connectivity index (χ0n) is 34.9. The highest BCUT2D eigenvalue weighted by atomic mass is 31.2. The smallest absolute Gasteiger partial charge is 0.387 e. The standard InChI is InChI=1S/C43H66FN6O8P/c1-3-4-5-6-7-8-9-10-11-12-13-14-15-16-17-18-19-20-21-36(55-28-34-24-33(27-45)25-35(44)26-34)29-56-59(53,54)57-31-43(30-47-2)41(52)39(51)40(58-43)37-22-23-38-42(46)48-32-49-50(37)38/h22-26,30,32,36,39-41,51-52H,3-21,28-29,31H2,1-2H3,(H,53,54)(H2,46,48,49)/t36-,39+,40+,41+,43-/m1/s1. The van der Waals surface area contributed by atoms with E-state index in [4.69, 9.17) is 24.3 Å². The Hall–Kier alpha value is -3.32. The van der Waals surface area contributed by atoms with Gasteiger partial charge in [0, 0.05) is 13.3 Å². The normalized spacial score (nSPS) is 21.0. The van der Waals surface area contributed by atoms with E-state index in [0.29, 0.717) is 23.2 Å². The molecule has 14 nitrogen and oxygen atoms in total. The van der Waals surface area contributed by atoms with Crippen LogP contribution < -0.4 is 5.73 Å². The Kier molecular flexibility index (Phi) is 20.9. The number of benzene rings is 1. The van der Waals surface area contributed by atoms with E-state index in [-0.39, 0.29) is 24.6 Å². The summed E-state index contributed by atoms with van der Waals surface area (Å²) >= 11 is 0. The molecule has 5 N–H and O–H groups in total. The molecule has 0 radical (unpaired) electrons. The van der Waals surface area contributed by atoms with Gasteiger partial charge in [0.15, 0.2) is 11.4 Å². The maximum Gasteiger partial charge on any atom is 0.472 e. The summed E-state index contributed by atoms with van der Waals surface area (Å²) in [5, 5.41) is 35.7. The van der Waals surface area contributed by atoms with Crippen molar-refractivity contribution in [3.8, 4) is 6.07 Å². The molecule has 0 amide bonds. The summed E-state index contributed by atoms with van der Waals surface area (Å²) in [4.78, 5) is 18.7. The Morgan fingerprint density at radius 3 is 2.19 bits per heavy atom. The second kappa shape index (κ2) is 25.5. The monoisotopic (exact) mass is 844 g/mol. The molecular weight excluding hydrogens is 778 g/mol. The van der Waals surface area contributed by atoms with Crippen LogP contribution in [0.15, 0.2) is 41.7 Å². The highest BCUT2D eigenvalue weighted by molar-refractivity contribution is 7.47. The lowest BCUT2D eigenvalue weighted by atomic mass is 9.96. The largest absolute Gasteiger partial charge is 0.472 e. The molecule has 328 valence electrons. The highest BCUT2D eigenvalue weighted by Gasteiger charge is 2.55. The summed E-state index contributed by atoms with van der Waals surface area (Å²) in [6.45, 7) is 1.19. The van der Waals surface area contributed by atoms with Gasteiger partial charge in [0.1, 0.15) is 36.0 Å². The van der Waals surface area contributed by atoms with Gasteiger partial charge in [-0.2, -0.15) is 10.4 Å². The number of aromatic nitrogens is 3. The van der Waals surface area contributed by atoms with Crippen LogP contribution in [0.5, 0.6) is 0 Å².